The van der Waals surface area contributed by atoms with Gasteiger partial charge >= 0.3 is 0 Å². The van der Waals surface area contributed by atoms with Crippen LogP contribution in [0.4, 0.5) is 0 Å². The Kier molecular flexibility index (Phi) is 5.57. The Hall–Kier alpha value is -2.51. The molecule has 0 aliphatic rings. The zero-order valence-corrected chi connectivity index (χ0v) is 14.9. The fourth-order valence-electron chi connectivity index (χ4n) is 2.02. The second kappa shape index (κ2) is 8.04. The molecule has 0 saturated carbocycles. The van der Waals surface area contributed by atoms with Gasteiger partial charge in [0.1, 0.15) is 18.1 Å². The van der Waals surface area contributed by atoms with Crippen LogP contribution in [0.5, 0.6) is 11.5 Å². The van der Waals surface area contributed by atoms with Crippen molar-refractivity contribution in [2.75, 3.05) is 6.26 Å². The number of aromatic nitrogens is 3. The summed E-state index contributed by atoms with van der Waals surface area (Å²) in [6.45, 7) is 0.241. The van der Waals surface area contributed by atoms with Crippen molar-refractivity contribution in [1.82, 2.24) is 14.9 Å². The lowest BCUT2D eigenvalue weighted by Gasteiger charge is -2.06. The average Bonchev–Trinajstić information content (AvgIpc) is 3.04. The van der Waals surface area contributed by atoms with Crippen LogP contribution >= 0.6 is 23.4 Å². The van der Waals surface area contributed by atoms with Crippen LogP contribution in [0.1, 0.15) is 11.4 Å². The van der Waals surface area contributed by atoms with E-state index in [2.05, 4.69) is 15.3 Å². The summed E-state index contributed by atoms with van der Waals surface area (Å²) < 4.78 is 7.34. The minimum absolute atomic E-state index is 0.0323. The van der Waals surface area contributed by atoms with E-state index in [-0.39, 0.29) is 17.4 Å². The highest BCUT2D eigenvalue weighted by Gasteiger charge is 2.11. The molecule has 3 rings (SSSR count). The first-order valence-corrected chi connectivity index (χ1v) is 8.96. The van der Waals surface area contributed by atoms with Gasteiger partial charge in [0.25, 0.3) is 0 Å². The molecule has 0 atom stereocenters. The van der Waals surface area contributed by atoms with Gasteiger partial charge in [-0.3, -0.25) is 0 Å². The van der Waals surface area contributed by atoms with Gasteiger partial charge in [0.2, 0.25) is 5.16 Å². The van der Waals surface area contributed by atoms with Gasteiger partial charge in [-0.25, -0.2) is 0 Å². The summed E-state index contributed by atoms with van der Waals surface area (Å²) in [6.07, 6.45) is 3.52. The number of nitrogens with zero attached hydrogens (tertiary/aromatic N) is 4. The third kappa shape index (κ3) is 4.32. The van der Waals surface area contributed by atoms with Crippen LogP contribution in [0.25, 0.3) is 0 Å². The van der Waals surface area contributed by atoms with E-state index in [0.29, 0.717) is 11.0 Å². The summed E-state index contributed by atoms with van der Waals surface area (Å²) in [5, 5.41) is 23.1. The smallest absolute Gasteiger partial charge is 0.211 e. The molecule has 0 aliphatic carbocycles. The number of hydrogen-bond acceptors (Lipinski definition) is 6. The number of rotatable bonds is 6. The molecule has 2 aromatic carbocycles. The molecule has 0 amide bonds. The van der Waals surface area contributed by atoms with Gasteiger partial charge in [0.15, 0.2) is 5.82 Å². The normalized spacial score (nSPS) is 11.1. The van der Waals surface area contributed by atoms with Crippen molar-refractivity contribution in [3.8, 4) is 11.5 Å². The van der Waals surface area contributed by atoms with Gasteiger partial charge in [-0.2, -0.15) is 9.78 Å². The molecule has 0 saturated heterocycles. The largest absolute Gasteiger partial charge is 0.506 e. The Bertz CT molecular complexity index is 884. The molecule has 0 spiro atoms. The van der Waals surface area contributed by atoms with Crippen LogP contribution < -0.4 is 4.74 Å². The second-order valence-electron chi connectivity index (χ2n) is 4.97. The minimum Gasteiger partial charge on any atom is -0.506 e. The van der Waals surface area contributed by atoms with Gasteiger partial charge in [0.05, 0.1) is 11.2 Å². The van der Waals surface area contributed by atoms with Crippen LogP contribution in [-0.4, -0.2) is 32.5 Å². The lowest BCUT2D eigenvalue weighted by atomic mass is 10.2. The summed E-state index contributed by atoms with van der Waals surface area (Å²) >= 11 is 7.35. The van der Waals surface area contributed by atoms with E-state index in [0.717, 1.165) is 11.3 Å². The highest BCUT2D eigenvalue weighted by atomic mass is 35.5. The molecule has 0 unspecified atom stereocenters. The van der Waals surface area contributed by atoms with Gasteiger partial charge in [-0.05, 0) is 42.2 Å². The minimum atomic E-state index is 0.0323. The zero-order valence-electron chi connectivity index (χ0n) is 13.3. The first-order valence-electron chi connectivity index (χ1n) is 7.36. The molecular formula is C17H15ClN4O2S. The molecule has 1 heterocycles. The van der Waals surface area contributed by atoms with E-state index in [1.807, 2.05) is 36.6 Å². The Morgan fingerprint density at radius 3 is 2.76 bits per heavy atom. The second-order valence-corrected chi connectivity index (χ2v) is 6.15. The monoisotopic (exact) mass is 374 g/mol. The van der Waals surface area contributed by atoms with Crippen LogP contribution in [0, 0.1) is 0 Å². The molecule has 6 nitrogen and oxygen atoms in total. The van der Waals surface area contributed by atoms with Crippen molar-refractivity contribution in [2.45, 2.75) is 11.8 Å². The van der Waals surface area contributed by atoms with E-state index in [4.69, 9.17) is 16.3 Å². The lowest BCUT2D eigenvalue weighted by molar-refractivity contribution is 0.290. The number of ether oxygens (including phenoxy) is 1. The van der Waals surface area contributed by atoms with Gasteiger partial charge in [-0.1, -0.05) is 41.6 Å². The molecule has 3 aromatic rings. The van der Waals surface area contributed by atoms with E-state index >= 15 is 0 Å². The zero-order chi connectivity index (χ0) is 17.6. The van der Waals surface area contributed by atoms with Crippen molar-refractivity contribution in [3.05, 3.63) is 64.9 Å². The van der Waals surface area contributed by atoms with E-state index in [9.17, 15) is 5.11 Å². The topological polar surface area (TPSA) is 72.5 Å². The maximum Gasteiger partial charge on any atom is 0.211 e. The van der Waals surface area contributed by atoms with Crippen molar-refractivity contribution in [1.29, 1.82) is 0 Å². The fraction of sp³-hybridized carbons (Fsp3) is 0.118. The quantitative estimate of drug-likeness (QED) is 0.524. The van der Waals surface area contributed by atoms with Crippen LogP contribution in [0.15, 0.2) is 58.8 Å². The molecule has 1 N–H and O–H groups in total. The third-order valence-corrected chi connectivity index (χ3v) is 4.19. The van der Waals surface area contributed by atoms with E-state index in [1.54, 1.807) is 23.0 Å². The summed E-state index contributed by atoms with van der Waals surface area (Å²) in [6, 6.07) is 14.3. The number of aromatic hydroxyl groups is 1. The molecule has 1 aromatic heterocycles. The number of phenolic OH excluding ortho intramolecular Hbond substituents is 1. The maximum atomic E-state index is 9.48. The van der Waals surface area contributed by atoms with Crippen LogP contribution in [0.2, 0.25) is 5.02 Å². The summed E-state index contributed by atoms with van der Waals surface area (Å²) in [7, 11) is 0. The molecular weight excluding hydrogens is 360 g/mol. The van der Waals surface area contributed by atoms with Crippen molar-refractivity contribution in [2.24, 2.45) is 5.10 Å². The number of phenols is 1. The summed E-state index contributed by atoms with van der Waals surface area (Å²) in [4.78, 5) is 0. The first kappa shape index (κ1) is 17.3. The predicted molar refractivity (Wildman–Crippen MR) is 98.7 cm³/mol. The Balaban J connectivity index is 1.80. The molecule has 0 aliphatic heterocycles. The van der Waals surface area contributed by atoms with Crippen molar-refractivity contribution < 1.29 is 9.84 Å². The molecule has 128 valence electrons. The first-order chi connectivity index (χ1) is 12.2. The van der Waals surface area contributed by atoms with Gasteiger partial charge in [0, 0.05) is 0 Å². The van der Waals surface area contributed by atoms with Crippen molar-refractivity contribution in [3.63, 3.8) is 0 Å². The molecule has 8 heteroatoms. The fourth-order valence-corrected chi connectivity index (χ4v) is 2.66. The number of benzene rings is 2. The molecule has 0 bridgehead atoms. The molecule has 0 radical (unpaired) electrons. The Morgan fingerprint density at radius 1 is 1.24 bits per heavy atom. The third-order valence-electron chi connectivity index (χ3n) is 3.26. The lowest BCUT2D eigenvalue weighted by Crippen LogP contribution is -2.04. The molecule has 0 fully saturated rings. The van der Waals surface area contributed by atoms with Crippen LogP contribution in [0.3, 0.4) is 0 Å². The highest BCUT2D eigenvalue weighted by Crippen LogP contribution is 2.23. The Morgan fingerprint density at radius 2 is 2.04 bits per heavy atom. The van der Waals surface area contributed by atoms with Crippen LogP contribution in [-0.2, 0) is 6.61 Å². The average molecular weight is 375 g/mol. The van der Waals surface area contributed by atoms with E-state index in [1.165, 1.54) is 17.8 Å². The van der Waals surface area contributed by atoms with Gasteiger partial charge < -0.3 is 9.84 Å². The number of hydrogen-bond donors (Lipinski definition) is 1. The number of para-hydroxylation sites is 1. The predicted octanol–water partition coefficient (Wildman–Crippen LogP) is 3.82. The number of thioether (sulfide) groups is 1. The van der Waals surface area contributed by atoms with Gasteiger partial charge in [-0.15, -0.1) is 10.2 Å². The summed E-state index contributed by atoms with van der Waals surface area (Å²) in [5.41, 5.74) is 0.749. The van der Waals surface area contributed by atoms with E-state index < -0.39 is 0 Å². The maximum absolute atomic E-state index is 9.48. The standard InChI is InChI=1S/C17H15ClN4O2S/c1-25-17-21-20-16(11-24-13-5-3-2-4-6-13)22(17)19-10-12-7-8-15(23)14(18)9-12/h2-10,23H,11H2,1H3/b19-10-. The summed E-state index contributed by atoms with van der Waals surface area (Å²) in [5.74, 6) is 1.36. The number of halogens is 1. The highest BCUT2D eigenvalue weighted by molar-refractivity contribution is 7.98. The Labute approximate surface area is 154 Å². The molecule has 25 heavy (non-hydrogen) atoms. The van der Waals surface area contributed by atoms with Crippen molar-refractivity contribution >= 4 is 29.6 Å². The SMILES string of the molecule is CSc1nnc(COc2ccccc2)n1/N=C\c1ccc(O)c(Cl)c1.